The second-order valence-electron chi connectivity index (χ2n) is 9.09. The van der Waals surface area contributed by atoms with Crippen molar-refractivity contribution in [3.8, 4) is 0 Å². The van der Waals surface area contributed by atoms with Crippen molar-refractivity contribution in [1.82, 2.24) is 0 Å². The summed E-state index contributed by atoms with van der Waals surface area (Å²) in [5.41, 5.74) is 3.75. The third-order valence-corrected chi connectivity index (χ3v) is 6.75. The summed E-state index contributed by atoms with van der Waals surface area (Å²) in [6, 6.07) is 22.0. The molecule has 0 aromatic heterocycles. The molecule has 182 valence electrons. The van der Waals surface area contributed by atoms with E-state index in [-0.39, 0.29) is 31.0 Å². The van der Waals surface area contributed by atoms with E-state index in [0.29, 0.717) is 34.6 Å². The van der Waals surface area contributed by atoms with Crippen LogP contribution in [-0.4, -0.2) is 22.8 Å². The zero-order chi connectivity index (χ0) is 25.2. The summed E-state index contributed by atoms with van der Waals surface area (Å²) in [6.45, 7) is 0. The third kappa shape index (κ3) is 4.52. The number of ketones is 1. The maximum absolute atomic E-state index is 14.4. The molecule has 1 heterocycles. The summed E-state index contributed by atoms with van der Waals surface area (Å²) in [4.78, 5) is 40.1. The number of allylic oxidation sites excluding steroid dienone is 1. The van der Waals surface area contributed by atoms with Gasteiger partial charge in [0, 0.05) is 24.1 Å². The molecule has 2 aliphatic rings. The number of hydrogen-bond donors (Lipinski definition) is 2. The largest absolute Gasteiger partial charge is 0.481 e. The van der Waals surface area contributed by atoms with Crippen LogP contribution in [0, 0.1) is 5.82 Å². The SMILES string of the molecule is O=C(O)CCC(=O)N1c2ccccc2NC2=C(C(=O)C[C@H](c3ccccc3)C2)[C@H]1c1cccc(F)c1. The van der Waals surface area contributed by atoms with Gasteiger partial charge in [0.05, 0.1) is 23.8 Å². The molecule has 3 aromatic carbocycles. The molecule has 6 nitrogen and oxygen atoms in total. The van der Waals surface area contributed by atoms with Crippen LogP contribution in [0.5, 0.6) is 0 Å². The van der Waals surface area contributed by atoms with Crippen LogP contribution in [-0.2, 0) is 14.4 Å². The van der Waals surface area contributed by atoms with E-state index >= 15 is 0 Å². The second-order valence-corrected chi connectivity index (χ2v) is 9.09. The quantitative estimate of drug-likeness (QED) is 0.493. The van der Waals surface area contributed by atoms with Gasteiger partial charge in [-0.15, -0.1) is 0 Å². The van der Waals surface area contributed by atoms with Gasteiger partial charge in [-0.05, 0) is 47.7 Å². The average molecular weight is 485 g/mol. The van der Waals surface area contributed by atoms with E-state index in [9.17, 15) is 23.9 Å². The number of anilines is 2. The van der Waals surface area contributed by atoms with E-state index in [2.05, 4.69) is 5.32 Å². The van der Waals surface area contributed by atoms with Crippen LogP contribution in [0.25, 0.3) is 0 Å². The van der Waals surface area contributed by atoms with E-state index in [1.54, 1.807) is 24.3 Å². The highest BCUT2D eigenvalue weighted by atomic mass is 19.1. The minimum atomic E-state index is -1.09. The van der Waals surface area contributed by atoms with E-state index in [1.165, 1.54) is 17.0 Å². The number of amides is 1. The van der Waals surface area contributed by atoms with Gasteiger partial charge in [0.15, 0.2) is 5.78 Å². The van der Waals surface area contributed by atoms with E-state index in [4.69, 9.17) is 0 Å². The van der Waals surface area contributed by atoms with Gasteiger partial charge in [-0.25, -0.2) is 4.39 Å². The Morgan fingerprint density at radius 1 is 0.917 bits per heavy atom. The van der Waals surface area contributed by atoms with E-state index in [1.807, 2.05) is 42.5 Å². The Balaban J connectivity index is 1.69. The number of nitrogens with one attached hydrogen (secondary N) is 1. The number of benzene rings is 3. The first-order valence-electron chi connectivity index (χ1n) is 11.9. The molecule has 1 aliphatic carbocycles. The monoisotopic (exact) mass is 484 g/mol. The van der Waals surface area contributed by atoms with Gasteiger partial charge in [-0.1, -0.05) is 54.6 Å². The van der Waals surface area contributed by atoms with E-state index < -0.39 is 23.7 Å². The molecule has 36 heavy (non-hydrogen) atoms. The number of nitrogens with zero attached hydrogens (tertiary/aromatic N) is 1. The normalized spacial score (nSPS) is 19.1. The maximum atomic E-state index is 14.4. The number of Topliss-reactive ketones (excluding diaryl/α,β-unsaturated/α-hetero) is 1. The summed E-state index contributed by atoms with van der Waals surface area (Å²) in [5, 5.41) is 12.6. The van der Waals surface area contributed by atoms with E-state index in [0.717, 1.165) is 5.56 Å². The van der Waals surface area contributed by atoms with Crippen molar-refractivity contribution in [3.63, 3.8) is 0 Å². The van der Waals surface area contributed by atoms with Crippen molar-refractivity contribution in [3.05, 3.63) is 107 Å². The number of halogens is 1. The fourth-order valence-electron chi connectivity index (χ4n) is 5.15. The Morgan fingerprint density at radius 2 is 1.64 bits per heavy atom. The predicted octanol–water partition coefficient (Wildman–Crippen LogP) is 5.59. The maximum Gasteiger partial charge on any atom is 0.303 e. The number of carboxylic acid groups (broad SMARTS) is 1. The fraction of sp³-hybridized carbons (Fsp3) is 0.207. The molecule has 0 saturated carbocycles. The molecule has 0 saturated heterocycles. The van der Waals surface area contributed by atoms with Gasteiger partial charge >= 0.3 is 5.97 Å². The van der Waals surface area contributed by atoms with Crippen LogP contribution in [0.3, 0.4) is 0 Å². The Kier molecular flexibility index (Phi) is 6.38. The lowest BCUT2D eigenvalue weighted by atomic mass is 9.78. The van der Waals surface area contributed by atoms with Crippen LogP contribution in [0.1, 0.15) is 48.8 Å². The van der Waals surface area contributed by atoms with Crippen LogP contribution in [0.15, 0.2) is 90.1 Å². The fourth-order valence-corrected chi connectivity index (χ4v) is 5.15. The highest BCUT2D eigenvalue weighted by Crippen LogP contribution is 2.47. The number of para-hydroxylation sites is 2. The summed E-state index contributed by atoms with van der Waals surface area (Å²) in [7, 11) is 0. The molecule has 0 bridgehead atoms. The van der Waals surface area contributed by atoms with Gasteiger partial charge in [0.2, 0.25) is 5.91 Å². The molecule has 2 N–H and O–H groups in total. The van der Waals surface area contributed by atoms with Crippen molar-refractivity contribution in [1.29, 1.82) is 0 Å². The zero-order valence-electron chi connectivity index (χ0n) is 19.5. The molecule has 3 aromatic rings. The topological polar surface area (TPSA) is 86.7 Å². The highest BCUT2D eigenvalue weighted by molar-refractivity contribution is 6.06. The molecule has 5 rings (SSSR count). The molecule has 0 unspecified atom stereocenters. The Hall–Kier alpha value is -4.26. The number of rotatable bonds is 5. The lowest BCUT2D eigenvalue weighted by Gasteiger charge is -2.35. The van der Waals surface area contributed by atoms with Crippen LogP contribution < -0.4 is 10.2 Å². The van der Waals surface area contributed by atoms with Crippen molar-refractivity contribution in [2.45, 2.75) is 37.6 Å². The minimum Gasteiger partial charge on any atom is -0.481 e. The average Bonchev–Trinajstić information content (AvgIpc) is 3.02. The van der Waals surface area contributed by atoms with Crippen molar-refractivity contribution in [2.24, 2.45) is 0 Å². The smallest absolute Gasteiger partial charge is 0.303 e. The van der Waals surface area contributed by atoms with Gasteiger partial charge in [0.1, 0.15) is 5.82 Å². The standard InChI is InChI=1S/C29H25FN2O4/c30-21-10-6-9-19(15-21)29-28-23(16-20(17-25(28)33)18-7-2-1-3-8-18)31-22-11-4-5-12-24(22)32(29)26(34)13-14-27(35)36/h1-12,15,20,29,31H,13-14,16-17H2,(H,35,36)/t20-,29-/m1/s1. The first-order valence-corrected chi connectivity index (χ1v) is 11.9. The number of fused-ring (bicyclic) bond motifs is 1. The van der Waals surface area contributed by atoms with Gasteiger partial charge in [-0.2, -0.15) is 0 Å². The lowest BCUT2D eigenvalue weighted by Crippen LogP contribution is -2.38. The van der Waals surface area contributed by atoms with Crippen molar-refractivity contribution >= 4 is 29.0 Å². The number of hydrogen-bond acceptors (Lipinski definition) is 4. The Bertz CT molecular complexity index is 1370. The molecule has 0 fully saturated rings. The lowest BCUT2D eigenvalue weighted by molar-refractivity contribution is -0.138. The molecule has 1 amide bonds. The van der Waals surface area contributed by atoms with Crippen molar-refractivity contribution < 1.29 is 23.9 Å². The first kappa shape index (κ1) is 23.5. The van der Waals surface area contributed by atoms with Crippen LogP contribution in [0.4, 0.5) is 15.8 Å². The molecule has 2 atom stereocenters. The first-order chi connectivity index (χ1) is 17.4. The number of carbonyl (C=O) groups excluding carboxylic acids is 2. The molecular formula is C29H25FN2O4. The van der Waals surface area contributed by atoms with Crippen LogP contribution >= 0.6 is 0 Å². The molecule has 0 radical (unpaired) electrons. The van der Waals surface area contributed by atoms with Gasteiger partial charge < -0.3 is 10.4 Å². The number of carbonyl (C=O) groups is 3. The highest BCUT2D eigenvalue weighted by Gasteiger charge is 2.41. The third-order valence-electron chi connectivity index (χ3n) is 6.75. The van der Waals surface area contributed by atoms with Gasteiger partial charge in [-0.3, -0.25) is 19.3 Å². The number of aliphatic carboxylic acids is 1. The number of carboxylic acids is 1. The van der Waals surface area contributed by atoms with Gasteiger partial charge in [0.25, 0.3) is 0 Å². The summed E-state index contributed by atoms with van der Waals surface area (Å²) < 4.78 is 14.4. The zero-order valence-corrected chi connectivity index (χ0v) is 19.5. The minimum absolute atomic E-state index is 0.0421. The molecule has 0 spiro atoms. The Labute approximate surface area is 208 Å². The Morgan fingerprint density at radius 3 is 2.39 bits per heavy atom. The van der Waals surface area contributed by atoms with Crippen molar-refractivity contribution in [2.75, 3.05) is 10.2 Å². The molecular weight excluding hydrogens is 459 g/mol. The summed E-state index contributed by atoms with van der Waals surface area (Å²) >= 11 is 0. The molecule has 1 aliphatic heterocycles. The van der Waals surface area contributed by atoms with Crippen LogP contribution in [0.2, 0.25) is 0 Å². The predicted molar refractivity (Wildman–Crippen MR) is 134 cm³/mol. The second kappa shape index (κ2) is 9.77. The summed E-state index contributed by atoms with van der Waals surface area (Å²) in [5.74, 6) is -2.20. The molecule has 7 heteroatoms. The summed E-state index contributed by atoms with van der Waals surface area (Å²) in [6.07, 6.45) is 0.196.